The Hall–Kier alpha value is -4.00. The summed E-state index contributed by atoms with van der Waals surface area (Å²) >= 11 is 0. The van der Waals surface area contributed by atoms with Crippen LogP contribution in [0.25, 0.3) is 0 Å². The molecule has 0 aromatic heterocycles. The highest BCUT2D eigenvalue weighted by Gasteiger charge is 2.34. The molecule has 1 N–H and O–H groups in total. The lowest BCUT2D eigenvalue weighted by Gasteiger charge is -2.14. The Balaban J connectivity index is 1.29. The second kappa shape index (κ2) is 8.79. The summed E-state index contributed by atoms with van der Waals surface area (Å²) < 4.78 is 18.3. The van der Waals surface area contributed by atoms with Gasteiger partial charge in [0.1, 0.15) is 18.2 Å². The second-order valence-corrected chi connectivity index (χ2v) is 7.00. The molecule has 1 aliphatic rings. The van der Waals surface area contributed by atoms with Crippen LogP contribution < -0.4 is 10.1 Å². The molecule has 3 amide bonds. The van der Waals surface area contributed by atoms with Crippen molar-refractivity contribution >= 4 is 17.7 Å². The Kier molecular flexibility index (Phi) is 5.75. The van der Waals surface area contributed by atoms with E-state index in [0.29, 0.717) is 22.4 Å². The third-order valence-electron chi connectivity index (χ3n) is 4.90. The predicted octanol–water partition coefficient (Wildman–Crippen LogP) is 3.43. The summed E-state index contributed by atoms with van der Waals surface area (Å²) in [5.74, 6) is -0.720. The van der Waals surface area contributed by atoms with Gasteiger partial charge in [-0.3, -0.25) is 19.3 Å². The molecular formula is C24H19FN2O4. The van der Waals surface area contributed by atoms with Gasteiger partial charge in [0, 0.05) is 5.56 Å². The van der Waals surface area contributed by atoms with Crippen LogP contribution in [0.4, 0.5) is 4.39 Å². The normalized spacial score (nSPS) is 12.6. The number of benzene rings is 3. The summed E-state index contributed by atoms with van der Waals surface area (Å²) in [6.45, 7) is 0.669. The predicted molar refractivity (Wildman–Crippen MR) is 111 cm³/mol. The third-order valence-corrected chi connectivity index (χ3v) is 4.90. The lowest BCUT2D eigenvalue weighted by atomic mass is 10.1. The van der Waals surface area contributed by atoms with Crippen molar-refractivity contribution in [2.75, 3.05) is 13.2 Å². The first-order valence-corrected chi connectivity index (χ1v) is 9.73. The number of nitrogens with zero attached hydrogens (tertiary/aromatic N) is 1. The van der Waals surface area contributed by atoms with Crippen LogP contribution in [0.5, 0.6) is 5.75 Å². The largest absolute Gasteiger partial charge is 0.492 e. The highest BCUT2D eigenvalue weighted by Crippen LogP contribution is 2.24. The minimum atomic E-state index is -0.341. The molecule has 1 heterocycles. The summed E-state index contributed by atoms with van der Waals surface area (Å²) in [4.78, 5) is 38.4. The van der Waals surface area contributed by atoms with Gasteiger partial charge in [0.2, 0.25) is 0 Å². The fourth-order valence-electron chi connectivity index (χ4n) is 3.29. The van der Waals surface area contributed by atoms with Crippen molar-refractivity contribution in [1.82, 2.24) is 10.2 Å². The van der Waals surface area contributed by atoms with Gasteiger partial charge in [-0.1, -0.05) is 24.3 Å². The van der Waals surface area contributed by atoms with Gasteiger partial charge in [-0.2, -0.15) is 0 Å². The number of ether oxygens (including phenoxy) is 1. The Morgan fingerprint density at radius 1 is 0.871 bits per heavy atom. The number of carbonyl (C=O) groups is 3. The SMILES string of the molecule is O=C(NCCOc1ccc(F)cc1)c1ccc(CN2C(=O)c3ccccc3C2=O)cc1. The first-order valence-electron chi connectivity index (χ1n) is 9.73. The van der Waals surface area contributed by atoms with Crippen molar-refractivity contribution in [3.63, 3.8) is 0 Å². The lowest BCUT2D eigenvalue weighted by molar-refractivity contribution is 0.0641. The maximum Gasteiger partial charge on any atom is 0.261 e. The monoisotopic (exact) mass is 418 g/mol. The van der Waals surface area contributed by atoms with Gasteiger partial charge in [0.25, 0.3) is 17.7 Å². The van der Waals surface area contributed by atoms with Gasteiger partial charge in [-0.05, 0) is 54.1 Å². The van der Waals surface area contributed by atoms with E-state index in [1.165, 1.54) is 29.2 Å². The molecule has 0 saturated carbocycles. The average Bonchev–Trinajstić information content (AvgIpc) is 3.03. The van der Waals surface area contributed by atoms with E-state index in [4.69, 9.17) is 4.74 Å². The number of carbonyl (C=O) groups excluding carboxylic acids is 3. The minimum absolute atomic E-state index is 0.139. The van der Waals surface area contributed by atoms with Crippen LogP contribution in [0.2, 0.25) is 0 Å². The standard InChI is InChI=1S/C24H19FN2O4/c25-18-9-11-19(12-10-18)31-14-13-26-22(28)17-7-5-16(6-8-17)15-27-23(29)20-3-1-2-4-21(20)24(27)30/h1-12H,13-15H2,(H,26,28). The van der Waals surface area contributed by atoms with Crippen LogP contribution in [0, 0.1) is 5.82 Å². The molecule has 6 nitrogen and oxygen atoms in total. The first kappa shape index (κ1) is 20.3. The molecule has 0 radical (unpaired) electrons. The van der Waals surface area contributed by atoms with E-state index in [1.807, 2.05) is 0 Å². The zero-order chi connectivity index (χ0) is 21.8. The molecular weight excluding hydrogens is 399 g/mol. The van der Waals surface area contributed by atoms with Gasteiger partial charge in [0.05, 0.1) is 24.2 Å². The highest BCUT2D eigenvalue weighted by molar-refractivity contribution is 6.21. The maximum absolute atomic E-state index is 12.9. The van der Waals surface area contributed by atoms with Crippen LogP contribution in [-0.2, 0) is 6.54 Å². The van der Waals surface area contributed by atoms with Crippen molar-refractivity contribution in [3.8, 4) is 5.75 Å². The maximum atomic E-state index is 12.9. The molecule has 156 valence electrons. The molecule has 7 heteroatoms. The topological polar surface area (TPSA) is 75.7 Å². The summed E-state index contributed by atoms with van der Waals surface area (Å²) in [6.07, 6.45) is 0. The number of amides is 3. The minimum Gasteiger partial charge on any atom is -0.492 e. The number of hydrogen-bond acceptors (Lipinski definition) is 4. The summed E-state index contributed by atoms with van der Waals surface area (Å²) in [7, 11) is 0. The Labute approximate surface area is 178 Å². The molecule has 0 atom stereocenters. The van der Waals surface area contributed by atoms with Crippen molar-refractivity contribution in [2.45, 2.75) is 6.54 Å². The fraction of sp³-hybridized carbons (Fsp3) is 0.125. The lowest BCUT2D eigenvalue weighted by Crippen LogP contribution is -2.29. The summed E-state index contributed by atoms with van der Waals surface area (Å²) in [6, 6.07) is 19.1. The molecule has 3 aromatic carbocycles. The molecule has 1 aliphatic heterocycles. The Morgan fingerprint density at radius 3 is 2.10 bits per heavy atom. The van der Waals surface area contributed by atoms with E-state index >= 15 is 0 Å². The summed E-state index contributed by atoms with van der Waals surface area (Å²) in [5.41, 5.74) is 2.01. The molecule has 0 fully saturated rings. The van der Waals surface area contributed by atoms with Crippen LogP contribution in [0.15, 0.2) is 72.8 Å². The Bertz CT molecular complexity index is 1090. The van der Waals surface area contributed by atoms with E-state index in [-0.39, 0.29) is 43.2 Å². The number of halogens is 1. The highest BCUT2D eigenvalue weighted by atomic mass is 19.1. The zero-order valence-electron chi connectivity index (χ0n) is 16.5. The van der Waals surface area contributed by atoms with Gasteiger partial charge in [0.15, 0.2) is 0 Å². The first-order chi connectivity index (χ1) is 15.0. The molecule has 3 aromatic rings. The quantitative estimate of drug-likeness (QED) is 0.471. The Morgan fingerprint density at radius 2 is 1.48 bits per heavy atom. The van der Waals surface area contributed by atoms with E-state index in [2.05, 4.69) is 5.32 Å². The van der Waals surface area contributed by atoms with Crippen LogP contribution in [0.1, 0.15) is 36.6 Å². The molecule has 4 rings (SSSR count). The van der Waals surface area contributed by atoms with E-state index in [9.17, 15) is 18.8 Å². The second-order valence-electron chi connectivity index (χ2n) is 7.00. The van der Waals surface area contributed by atoms with E-state index in [0.717, 1.165) is 5.56 Å². The molecule has 0 bridgehead atoms. The molecule has 0 saturated heterocycles. The number of imide groups is 1. The third kappa shape index (κ3) is 4.45. The van der Waals surface area contributed by atoms with E-state index in [1.54, 1.807) is 48.5 Å². The average molecular weight is 418 g/mol. The number of rotatable bonds is 7. The van der Waals surface area contributed by atoms with Crippen molar-refractivity contribution in [3.05, 3.63) is 101 Å². The zero-order valence-corrected chi connectivity index (χ0v) is 16.5. The van der Waals surface area contributed by atoms with Gasteiger partial charge >= 0.3 is 0 Å². The number of nitrogens with one attached hydrogen (secondary N) is 1. The molecule has 0 aliphatic carbocycles. The van der Waals surface area contributed by atoms with Gasteiger partial charge in [-0.15, -0.1) is 0 Å². The number of hydrogen-bond donors (Lipinski definition) is 1. The molecule has 0 spiro atoms. The van der Waals surface area contributed by atoms with Crippen molar-refractivity contribution in [2.24, 2.45) is 0 Å². The fourth-order valence-corrected chi connectivity index (χ4v) is 3.29. The van der Waals surface area contributed by atoms with Crippen LogP contribution in [0.3, 0.4) is 0 Å². The van der Waals surface area contributed by atoms with Crippen molar-refractivity contribution in [1.29, 1.82) is 0 Å². The molecule has 31 heavy (non-hydrogen) atoms. The van der Waals surface area contributed by atoms with Crippen LogP contribution in [-0.4, -0.2) is 35.8 Å². The smallest absolute Gasteiger partial charge is 0.261 e. The van der Waals surface area contributed by atoms with Gasteiger partial charge < -0.3 is 10.1 Å². The van der Waals surface area contributed by atoms with E-state index < -0.39 is 0 Å². The molecule has 0 unspecified atom stereocenters. The number of fused-ring (bicyclic) bond motifs is 1. The van der Waals surface area contributed by atoms with Gasteiger partial charge in [-0.25, -0.2) is 4.39 Å². The van der Waals surface area contributed by atoms with Crippen LogP contribution >= 0.6 is 0 Å². The van der Waals surface area contributed by atoms with Crippen molar-refractivity contribution < 1.29 is 23.5 Å². The summed E-state index contributed by atoms with van der Waals surface area (Å²) in [5, 5.41) is 2.74.